The summed E-state index contributed by atoms with van der Waals surface area (Å²) in [5, 5.41) is 6.18. The first kappa shape index (κ1) is 11.2. The van der Waals surface area contributed by atoms with Crippen molar-refractivity contribution in [3.8, 4) is 0 Å². The molecule has 0 atom stereocenters. The second-order valence-electron chi connectivity index (χ2n) is 3.03. The van der Waals surface area contributed by atoms with Crippen LogP contribution < -0.4 is 4.72 Å². The second-order valence-corrected chi connectivity index (χ2v) is 5.63. The van der Waals surface area contributed by atoms with Gasteiger partial charge in [0.05, 0.1) is 11.1 Å². The molecule has 1 aromatic carbocycles. The molecule has 0 saturated carbocycles. The van der Waals surface area contributed by atoms with E-state index in [1.165, 1.54) is 24.4 Å². The summed E-state index contributed by atoms with van der Waals surface area (Å²) < 4.78 is 26.9. The average Bonchev–Trinajstić information content (AvgIpc) is 2.70. The third-order valence-corrected chi connectivity index (χ3v) is 3.78. The first-order chi connectivity index (χ1) is 7.58. The van der Waals surface area contributed by atoms with Crippen LogP contribution in [0.15, 0.2) is 45.9 Å². The number of hydrogen-bond acceptors (Lipinski definition) is 3. The Balaban J connectivity index is 2.29. The molecule has 2 rings (SSSR count). The summed E-state index contributed by atoms with van der Waals surface area (Å²) in [7, 11) is -3.54. The highest BCUT2D eigenvalue weighted by molar-refractivity contribution is 9.10. The van der Waals surface area contributed by atoms with Gasteiger partial charge in [-0.2, -0.15) is 5.10 Å². The van der Waals surface area contributed by atoms with Crippen molar-refractivity contribution in [2.75, 3.05) is 4.72 Å². The summed E-state index contributed by atoms with van der Waals surface area (Å²) >= 11 is 3.24. The monoisotopic (exact) mass is 301 g/mol. The van der Waals surface area contributed by atoms with Gasteiger partial charge < -0.3 is 0 Å². The molecule has 0 amide bonds. The molecule has 0 aliphatic heterocycles. The van der Waals surface area contributed by atoms with Gasteiger partial charge in [-0.3, -0.25) is 9.82 Å². The topological polar surface area (TPSA) is 74.8 Å². The van der Waals surface area contributed by atoms with Gasteiger partial charge in [0.15, 0.2) is 0 Å². The predicted octanol–water partition coefficient (Wildman–Crippen LogP) is 1.97. The van der Waals surface area contributed by atoms with E-state index in [1.807, 2.05) is 0 Å². The van der Waals surface area contributed by atoms with E-state index in [0.29, 0.717) is 5.82 Å². The first-order valence-electron chi connectivity index (χ1n) is 4.36. The van der Waals surface area contributed by atoms with Crippen LogP contribution in [0.25, 0.3) is 0 Å². The SMILES string of the molecule is O=S(=O)(Nc1ccn[nH]1)c1ccc(Br)cc1. The molecule has 2 N–H and O–H groups in total. The van der Waals surface area contributed by atoms with E-state index in [4.69, 9.17) is 0 Å². The van der Waals surface area contributed by atoms with Crippen LogP contribution in [0.5, 0.6) is 0 Å². The fraction of sp³-hybridized carbons (Fsp3) is 0. The third-order valence-electron chi connectivity index (χ3n) is 1.87. The smallest absolute Gasteiger partial charge is 0.263 e. The Morgan fingerprint density at radius 2 is 1.88 bits per heavy atom. The number of sulfonamides is 1. The lowest BCUT2D eigenvalue weighted by Crippen LogP contribution is -2.13. The molecule has 5 nitrogen and oxygen atoms in total. The number of benzene rings is 1. The van der Waals surface area contributed by atoms with Gasteiger partial charge in [-0.15, -0.1) is 0 Å². The molecule has 84 valence electrons. The van der Waals surface area contributed by atoms with Crippen LogP contribution in [0.1, 0.15) is 0 Å². The number of nitrogens with one attached hydrogen (secondary N) is 2. The lowest BCUT2D eigenvalue weighted by Gasteiger charge is -2.05. The summed E-state index contributed by atoms with van der Waals surface area (Å²) in [5.41, 5.74) is 0. The minimum atomic E-state index is -3.54. The molecule has 0 fully saturated rings. The van der Waals surface area contributed by atoms with Crippen LogP contribution >= 0.6 is 15.9 Å². The Bertz CT molecular complexity index is 563. The van der Waals surface area contributed by atoms with Crippen LogP contribution in [-0.4, -0.2) is 18.6 Å². The van der Waals surface area contributed by atoms with Gasteiger partial charge in [0.1, 0.15) is 5.82 Å². The van der Waals surface area contributed by atoms with E-state index in [1.54, 1.807) is 12.1 Å². The summed E-state index contributed by atoms with van der Waals surface area (Å²) in [6, 6.07) is 7.91. The van der Waals surface area contributed by atoms with Crippen LogP contribution in [0.2, 0.25) is 0 Å². The fourth-order valence-electron chi connectivity index (χ4n) is 1.13. The average molecular weight is 302 g/mol. The van der Waals surface area contributed by atoms with Crippen molar-refractivity contribution in [1.29, 1.82) is 0 Å². The molecule has 2 aromatic rings. The molecule has 16 heavy (non-hydrogen) atoms. The predicted molar refractivity (Wildman–Crippen MR) is 63.5 cm³/mol. The Labute approximate surface area is 101 Å². The van der Waals surface area contributed by atoms with Gasteiger partial charge in [0.2, 0.25) is 0 Å². The van der Waals surface area contributed by atoms with Gasteiger partial charge in [0.25, 0.3) is 10.0 Å². The van der Waals surface area contributed by atoms with E-state index in [-0.39, 0.29) is 4.90 Å². The van der Waals surface area contributed by atoms with Gasteiger partial charge in [0, 0.05) is 10.5 Å². The van der Waals surface area contributed by atoms with Gasteiger partial charge in [-0.1, -0.05) is 15.9 Å². The maximum atomic E-state index is 11.8. The van der Waals surface area contributed by atoms with Crippen LogP contribution in [0, 0.1) is 0 Å². The molecule has 0 bridgehead atoms. The highest BCUT2D eigenvalue weighted by Gasteiger charge is 2.14. The van der Waals surface area contributed by atoms with Crippen molar-refractivity contribution in [2.24, 2.45) is 0 Å². The van der Waals surface area contributed by atoms with E-state index >= 15 is 0 Å². The molecule has 7 heteroatoms. The molecule has 1 heterocycles. The van der Waals surface area contributed by atoms with E-state index in [0.717, 1.165) is 4.47 Å². The molecule has 0 aliphatic carbocycles. The maximum absolute atomic E-state index is 11.8. The van der Waals surface area contributed by atoms with E-state index in [2.05, 4.69) is 30.8 Å². The largest absolute Gasteiger partial charge is 0.264 e. The van der Waals surface area contributed by atoms with Crippen molar-refractivity contribution < 1.29 is 8.42 Å². The van der Waals surface area contributed by atoms with Crippen molar-refractivity contribution in [2.45, 2.75) is 4.90 Å². The first-order valence-corrected chi connectivity index (χ1v) is 6.63. The van der Waals surface area contributed by atoms with Crippen LogP contribution in [-0.2, 0) is 10.0 Å². The normalized spacial score (nSPS) is 11.3. The zero-order chi connectivity index (χ0) is 11.6. The van der Waals surface area contributed by atoms with Crippen molar-refractivity contribution in [3.63, 3.8) is 0 Å². The number of aromatic nitrogens is 2. The van der Waals surface area contributed by atoms with Gasteiger partial charge in [-0.05, 0) is 24.3 Å². The molecule has 0 aliphatic rings. The van der Waals surface area contributed by atoms with Crippen molar-refractivity contribution in [1.82, 2.24) is 10.2 Å². The third kappa shape index (κ3) is 2.42. The molecule has 0 unspecified atom stereocenters. The highest BCUT2D eigenvalue weighted by Crippen LogP contribution is 2.16. The van der Waals surface area contributed by atoms with Gasteiger partial charge in [-0.25, -0.2) is 8.42 Å². The number of aromatic amines is 1. The zero-order valence-electron chi connectivity index (χ0n) is 8.01. The maximum Gasteiger partial charge on any atom is 0.263 e. The van der Waals surface area contributed by atoms with E-state index < -0.39 is 10.0 Å². The summed E-state index contributed by atoms with van der Waals surface area (Å²) in [4.78, 5) is 0.199. The van der Waals surface area contributed by atoms with E-state index in [9.17, 15) is 8.42 Å². The standard InChI is InChI=1S/C9H8BrN3O2S/c10-7-1-3-8(4-2-7)16(14,15)13-9-5-6-11-12-9/h1-6H,(H2,11,12,13). The molecule has 0 spiro atoms. The number of rotatable bonds is 3. The molecule has 1 aromatic heterocycles. The van der Waals surface area contributed by atoms with Crippen molar-refractivity contribution >= 4 is 31.8 Å². The Hall–Kier alpha value is -1.34. The van der Waals surface area contributed by atoms with Crippen molar-refractivity contribution in [3.05, 3.63) is 41.0 Å². The minimum Gasteiger partial charge on any atom is -0.264 e. The number of halogens is 1. The Kier molecular flexibility index (Phi) is 2.97. The molecule has 0 saturated heterocycles. The summed E-state index contributed by atoms with van der Waals surface area (Å²) in [6.45, 7) is 0. The minimum absolute atomic E-state index is 0.199. The second kappa shape index (κ2) is 4.26. The molecule has 0 radical (unpaired) electrons. The zero-order valence-corrected chi connectivity index (χ0v) is 10.4. The summed E-state index contributed by atoms with van der Waals surface area (Å²) in [6.07, 6.45) is 1.47. The number of hydrogen-bond donors (Lipinski definition) is 2. The van der Waals surface area contributed by atoms with Crippen LogP contribution in [0.3, 0.4) is 0 Å². The quantitative estimate of drug-likeness (QED) is 0.910. The molecular formula is C9H8BrN3O2S. The highest BCUT2D eigenvalue weighted by atomic mass is 79.9. The number of anilines is 1. The number of nitrogens with zero attached hydrogens (tertiary/aromatic N) is 1. The fourth-order valence-corrected chi connectivity index (χ4v) is 2.41. The Morgan fingerprint density at radius 1 is 1.19 bits per heavy atom. The van der Waals surface area contributed by atoms with Crippen LogP contribution in [0.4, 0.5) is 5.82 Å². The lowest BCUT2D eigenvalue weighted by atomic mass is 10.4. The molecular weight excluding hydrogens is 294 g/mol. The number of H-pyrrole nitrogens is 1. The van der Waals surface area contributed by atoms with Gasteiger partial charge >= 0.3 is 0 Å². The summed E-state index contributed by atoms with van der Waals surface area (Å²) in [5.74, 6) is 0.336. The lowest BCUT2D eigenvalue weighted by molar-refractivity contribution is 0.601. The Morgan fingerprint density at radius 3 is 2.44 bits per heavy atom.